The summed E-state index contributed by atoms with van der Waals surface area (Å²) in [7, 11) is 0. The maximum Gasteiger partial charge on any atom is 0.241 e. The second kappa shape index (κ2) is 7.42. The molecule has 0 bridgehead atoms. The van der Waals surface area contributed by atoms with Crippen LogP contribution in [0.2, 0.25) is 0 Å². The molecule has 5 nitrogen and oxygen atoms in total. The van der Waals surface area contributed by atoms with E-state index in [1.165, 1.54) is 6.42 Å². The second-order valence-electron chi connectivity index (χ2n) is 6.30. The molecule has 7 heteroatoms. The van der Waals surface area contributed by atoms with E-state index in [9.17, 15) is 5.11 Å². The lowest BCUT2D eigenvalue weighted by Gasteiger charge is -2.39. The number of aliphatic hydroxyl groups is 1. The monoisotopic (exact) mass is 399 g/mol. The Balaban J connectivity index is 1.74. The summed E-state index contributed by atoms with van der Waals surface area (Å²) in [4.78, 5) is 7.79. The molecule has 1 fully saturated rings. The second-order valence-corrected chi connectivity index (χ2v) is 8.76. The highest BCUT2D eigenvalue weighted by molar-refractivity contribution is 9.11. The van der Waals surface area contributed by atoms with Gasteiger partial charge in [0.25, 0.3) is 0 Å². The number of aromatic nitrogens is 2. The summed E-state index contributed by atoms with van der Waals surface area (Å²) >= 11 is 5.04. The van der Waals surface area contributed by atoms with Gasteiger partial charge in [0.05, 0.1) is 21.3 Å². The van der Waals surface area contributed by atoms with Crippen molar-refractivity contribution in [3.8, 4) is 10.7 Å². The summed E-state index contributed by atoms with van der Waals surface area (Å²) in [5.74, 6) is 1.24. The third-order valence-corrected chi connectivity index (χ3v) is 5.98. The third-order valence-electron chi connectivity index (χ3n) is 4.36. The van der Waals surface area contributed by atoms with Gasteiger partial charge >= 0.3 is 0 Å². The van der Waals surface area contributed by atoms with Crippen molar-refractivity contribution in [2.24, 2.45) is 0 Å². The average Bonchev–Trinajstić information content (AvgIpc) is 3.14. The molecule has 0 aliphatic heterocycles. The molecule has 1 N–H and O–H groups in total. The number of halogens is 1. The van der Waals surface area contributed by atoms with E-state index in [1.54, 1.807) is 11.3 Å². The van der Waals surface area contributed by atoms with E-state index in [0.717, 1.165) is 27.9 Å². The van der Waals surface area contributed by atoms with E-state index >= 15 is 0 Å². The van der Waals surface area contributed by atoms with Crippen LogP contribution in [0.3, 0.4) is 0 Å². The molecule has 0 aromatic carbocycles. The molecule has 2 heterocycles. The maximum atomic E-state index is 10.3. The van der Waals surface area contributed by atoms with Crippen molar-refractivity contribution in [1.29, 1.82) is 0 Å². The molecule has 23 heavy (non-hydrogen) atoms. The Morgan fingerprint density at radius 3 is 2.83 bits per heavy atom. The highest BCUT2D eigenvalue weighted by atomic mass is 79.9. The summed E-state index contributed by atoms with van der Waals surface area (Å²) in [6.07, 6.45) is 3.93. The number of hydrogen-bond acceptors (Lipinski definition) is 6. The first kappa shape index (κ1) is 17.1. The van der Waals surface area contributed by atoms with E-state index in [1.807, 2.05) is 12.1 Å². The smallest absolute Gasteiger partial charge is 0.241 e. The van der Waals surface area contributed by atoms with Gasteiger partial charge in [0, 0.05) is 12.1 Å². The molecule has 0 unspecified atom stereocenters. The standard InChI is InChI=1S/C16H22BrN3O2S/c1-10(2)20(11-5-3-4-6-12(11)21)9-15-18-16(19-22-15)13-7-8-14(17)23-13/h7-8,10-12,21H,3-6,9H2,1-2H3/t11-,12-/m1/s1. The van der Waals surface area contributed by atoms with Crippen LogP contribution < -0.4 is 0 Å². The van der Waals surface area contributed by atoms with Crippen molar-refractivity contribution in [1.82, 2.24) is 15.0 Å². The van der Waals surface area contributed by atoms with Crippen LogP contribution in [0.4, 0.5) is 0 Å². The fraction of sp³-hybridized carbons (Fsp3) is 0.625. The highest BCUT2D eigenvalue weighted by Gasteiger charge is 2.31. The minimum absolute atomic E-state index is 0.176. The van der Waals surface area contributed by atoms with E-state index < -0.39 is 0 Å². The molecule has 1 aliphatic carbocycles. The molecule has 2 aromatic rings. The Morgan fingerprint density at radius 1 is 1.39 bits per heavy atom. The maximum absolute atomic E-state index is 10.3. The van der Waals surface area contributed by atoms with E-state index in [2.05, 4.69) is 44.8 Å². The van der Waals surface area contributed by atoms with Crippen LogP contribution in [-0.2, 0) is 6.54 Å². The Bertz CT molecular complexity index is 643. The molecule has 0 spiro atoms. The largest absolute Gasteiger partial charge is 0.391 e. The molecule has 2 aromatic heterocycles. The zero-order chi connectivity index (χ0) is 16.4. The van der Waals surface area contributed by atoms with Crippen LogP contribution in [0.1, 0.15) is 45.4 Å². The van der Waals surface area contributed by atoms with Crippen molar-refractivity contribution in [2.75, 3.05) is 0 Å². The lowest BCUT2D eigenvalue weighted by molar-refractivity contribution is -0.00419. The number of aliphatic hydroxyl groups excluding tert-OH is 1. The minimum Gasteiger partial charge on any atom is -0.391 e. The Kier molecular flexibility index (Phi) is 5.51. The van der Waals surface area contributed by atoms with Crippen LogP contribution in [0.15, 0.2) is 20.4 Å². The predicted octanol–water partition coefficient (Wildman–Crippen LogP) is 4.07. The molecule has 1 aliphatic rings. The number of nitrogens with zero attached hydrogens (tertiary/aromatic N) is 3. The lowest BCUT2D eigenvalue weighted by atomic mass is 9.90. The number of rotatable bonds is 5. The summed E-state index contributed by atoms with van der Waals surface area (Å²) in [5, 5.41) is 14.4. The van der Waals surface area contributed by atoms with E-state index in [0.29, 0.717) is 24.3 Å². The SMILES string of the molecule is CC(C)N(Cc1nc(-c2ccc(Br)s2)no1)[C@@H]1CCCC[C@H]1O. The number of hydrogen-bond donors (Lipinski definition) is 1. The topological polar surface area (TPSA) is 62.4 Å². The van der Waals surface area contributed by atoms with Gasteiger partial charge in [0.15, 0.2) is 0 Å². The normalized spacial score (nSPS) is 22.2. The van der Waals surface area contributed by atoms with Crippen molar-refractivity contribution in [2.45, 2.75) is 64.3 Å². The molecular formula is C16H22BrN3O2S. The number of thiophene rings is 1. The molecule has 1 saturated carbocycles. The zero-order valence-electron chi connectivity index (χ0n) is 13.4. The first-order valence-electron chi connectivity index (χ1n) is 8.06. The van der Waals surface area contributed by atoms with E-state index in [-0.39, 0.29) is 12.1 Å². The summed E-state index contributed by atoms with van der Waals surface area (Å²) in [6.45, 7) is 4.88. The molecule has 2 atom stereocenters. The molecule has 0 saturated heterocycles. The van der Waals surface area contributed by atoms with Gasteiger partial charge in [0.1, 0.15) is 0 Å². The van der Waals surface area contributed by atoms with Crippen LogP contribution in [0.25, 0.3) is 10.7 Å². The van der Waals surface area contributed by atoms with Gasteiger partial charge in [-0.25, -0.2) is 0 Å². The average molecular weight is 400 g/mol. The Labute approximate surface area is 148 Å². The Hall–Kier alpha value is -0.760. The molecule has 3 rings (SSSR count). The van der Waals surface area contributed by atoms with Gasteiger partial charge in [-0.1, -0.05) is 18.0 Å². The summed E-state index contributed by atoms with van der Waals surface area (Å²) < 4.78 is 6.49. The molecule has 0 amide bonds. The van der Waals surface area contributed by atoms with E-state index in [4.69, 9.17) is 4.52 Å². The Morgan fingerprint density at radius 2 is 2.17 bits per heavy atom. The van der Waals surface area contributed by atoms with Crippen molar-refractivity contribution in [3.63, 3.8) is 0 Å². The quantitative estimate of drug-likeness (QED) is 0.820. The first-order valence-corrected chi connectivity index (χ1v) is 9.67. The van der Waals surface area contributed by atoms with Crippen LogP contribution in [0.5, 0.6) is 0 Å². The third kappa shape index (κ3) is 4.02. The van der Waals surface area contributed by atoms with Gasteiger partial charge in [-0.05, 0) is 54.8 Å². The predicted molar refractivity (Wildman–Crippen MR) is 94.3 cm³/mol. The van der Waals surface area contributed by atoms with Gasteiger partial charge in [0.2, 0.25) is 11.7 Å². The molecule has 126 valence electrons. The van der Waals surface area contributed by atoms with Crippen LogP contribution in [0, 0.1) is 0 Å². The van der Waals surface area contributed by atoms with Crippen LogP contribution in [-0.4, -0.2) is 38.3 Å². The summed E-state index contributed by atoms with van der Waals surface area (Å²) in [5.41, 5.74) is 0. The van der Waals surface area contributed by atoms with Gasteiger partial charge in [-0.3, -0.25) is 4.90 Å². The van der Waals surface area contributed by atoms with Gasteiger partial charge < -0.3 is 9.63 Å². The molecular weight excluding hydrogens is 378 g/mol. The van der Waals surface area contributed by atoms with Gasteiger partial charge in [-0.2, -0.15) is 4.98 Å². The minimum atomic E-state index is -0.262. The van der Waals surface area contributed by atoms with Crippen molar-refractivity contribution in [3.05, 3.63) is 21.8 Å². The summed E-state index contributed by atoms with van der Waals surface area (Å²) in [6, 6.07) is 4.46. The van der Waals surface area contributed by atoms with Crippen LogP contribution >= 0.6 is 27.3 Å². The van der Waals surface area contributed by atoms with Crippen molar-refractivity contribution < 1.29 is 9.63 Å². The highest BCUT2D eigenvalue weighted by Crippen LogP contribution is 2.30. The first-order chi connectivity index (χ1) is 11.0. The van der Waals surface area contributed by atoms with Gasteiger partial charge in [-0.15, -0.1) is 11.3 Å². The zero-order valence-corrected chi connectivity index (χ0v) is 15.8. The molecule has 0 radical (unpaired) electrons. The lowest BCUT2D eigenvalue weighted by Crippen LogP contribution is -2.48. The van der Waals surface area contributed by atoms with Crippen molar-refractivity contribution >= 4 is 27.3 Å². The fourth-order valence-corrected chi connectivity index (χ4v) is 4.48. The fourth-order valence-electron chi connectivity index (χ4n) is 3.17.